The molecule has 2 aromatic rings. The quantitative estimate of drug-likeness (QED) is 0.899. The molecule has 5 heteroatoms. The zero-order chi connectivity index (χ0) is 13.0. The Morgan fingerprint density at radius 3 is 2.56 bits per heavy atom. The monoisotopic (exact) mass is 263 g/mol. The lowest BCUT2D eigenvalue weighted by Crippen LogP contribution is -2.17. The van der Waals surface area contributed by atoms with Crippen LogP contribution in [0.4, 0.5) is 5.13 Å². The molecule has 0 saturated heterocycles. The van der Waals surface area contributed by atoms with Crippen LogP contribution in [0.3, 0.4) is 0 Å². The van der Waals surface area contributed by atoms with Gasteiger partial charge in [-0.25, -0.2) is 4.98 Å². The number of aromatic nitrogens is 1. The Hall–Kier alpha value is -1.59. The minimum Gasteiger partial charge on any atom is -0.497 e. The largest absolute Gasteiger partial charge is 0.497 e. The van der Waals surface area contributed by atoms with Crippen LogP contribution < -0.4 is 10.5 Å². The maximum Gasteiger partial charge on any atom is 0.180 e. The fraction of sp³-hybridized carbons (Fsp3) is 0.308. The molecule has 0 unspecified atom stereocenters. The lowest BCUT2D eigenvalue weighted by atomic mass is 10.2. The van der Waals surface area contributed by atoms with Gasteiger partial charge in [0.2, 0.25) is 0 Å². The molecule has 0 spiro atoms. The summed E-state index contributed by atoms with van der Waals surface area (Å²) in [6.07, 6.45) is 0. The number of thiazole rings is 1. The summed E-state index contributed by atoms with van der Waals surface area (Å²) in [5.74, 6) is 0.883. The summed E-state index contributed by atoms with van der Waals surface area (Å²) in [6, 6.07) is 8.10. The van der Waals surface area contributed by atoms with Gasteiger partial charge in [0.05, 0.1) is 12.8 Å². The van der Waals surface area contributed by atoms with E-state index >= 15 is 0 Å². The predicted octanol–water partition coefficient (Wildman–Crippen LogP) is 2.37. The van der Waals surface area contributed by atoms with E-state index in [-0.39, 0.29) is 0 Å². The molecule has 1 aromatic heterocycles. The molecule has 0 saturated carbocycles. The molecular formula is C13H17N3OS. The Morgan fingerprint density at radius 2 is 2.00 bits per heavy atom. The van der Waals surface area contributed by atoms with Crippen molar-refractivity contribution in [3.05, 3.63) is 40.9 Å². The van der Waals surface area contributed by atoms with E-state index in [2.05, 4.69) is 29.1 Å². The number of nitrogen functional groups attached to an aromatic ring is 1. The highest BCUT2D eigenvalue weighted by Gasteiger charge is 2.05. The van der Waals surface area contributed by atoms with Crippen molar-refractivity contribution in [1.29, 1.82) is 0 Å². The predicted molar refractivity (Wildman–Crippen MR) is 74.7 cm³/mol. The molecule has 0 bridgehead atoms. The highest BCUT2D eigenvalue weighted by atomic mass is 32.1. The second-order valence-electron chi connectivity index (χ2n) is 4.20. The van der Waals surface area contributed by atoms with Crippen LogP contribution >= 0.6 is 11.3 Å². The molecule has 1 aromatic carbocycles. The molecule has 1 heterocycles. The summed E-state index contributed by atoms with van der Waals surface area (Å²) in [5, 5.41) is 2.63. The van der Waals surface area contributed by atoms with E-state index in [0.717, 1.165) is 24.5 Å². The van der Waals surface area contributed by atoms with Gasteiger partial charge in [0.1, 0.15) is 5.75 Å². The smallest absolute Gasteiger partial charge is 0.180 e. The Bertz CT molecular complexity index is 495. The van der Waals surface area contributed by atoms with Gasteiger partial charge in [0.15, 0.2) is 5.13 Å². The second-order valence-corrected chi connectivity index (χ2v) is 5.09. The molecule has 2 rings (SSSR count). The second kappa shape index (κ2) is 5.84. The van der Waals surface area contributed by atoms with Crippen molar-refractivity contribution in [3.8, 4) is 5.75 Å². The van der Waals surface area contributed by atoms with E-state index < -0.39 is 0 Å². The molecule has 0 amide bonds. The van der Waals surface area contributed by atoms with Gasteiger partial charge < -0.3 is 10.5 Å². The van der Waals surface area contributed by atoms with Crippen LogP contribution in [0.25, 0.3) is 0 Å². The number of hydrogen-bond donors (Lipinski definition) is 1. The number of ether oxygens (including phenoxy) is 1. The van der Waals surface area contributed by atoms with E-state index in [1.54, 1.807) is 7.11 Å². The Labute approximate surface area is 111 Å². The van der Waals surface area contributed by atoms with Crippen molar-refractivity contribution in [2.75, 3.05) is 19.9 Å². The lowest BCUT2D eigenvalue weighted by molar-refractivity contribution is 0.315. The first-order valence-corrected chi connectivity index (χ1v) is 6.56. The number of nitrogens with zero attached hydrogens (tertiary/aromatic N) is 2. The average Bonchev–Trinajstić information content (AvgIpc) is 2.75. The van der Waals surface area contributed by atoms with E-state index in [4.69, 9.17) is 10.5 Å². The van der Waals surface area contributed by atoms with Gasteiger partial charge in [-0.15, -0.1) is 11.3 Å². The van der Waals surface area contributed by atoms with Crippen molar-refractivity contribution in [2.45, 2.75) is 13.1 Å². The normalized spacial score (nSPS) is 10.8. The molecule has 0 atom stereocenters. The SMILES string of the molecule is COc1ccc(CN(C)Cc2csc(N)n2)cc1. The maximum absolute atomic E-state index is 5.61. The first kappa shape index (κ1) is 12.9. The van der Waals surface area contributed by atoms with Gasteiger partial charge in [0.25, 0.3) is 0 Å². The first-order chi connectivity index (χ1) is 8.67. The number of anilines is 1. The number of methoxy groups -OCH3 is 1. The van der Waals surface area contributed by atoms with E-state index in [1.807, 2.05) is 17.5 Å². The summed E-state index contributed by atoms with van der Waals surface area (Å²) in [7, 11) is 3.74. The van der Waals surface area contributed by atoms with E-state index in [1.165, 1.54) is 16.9 Å². The van der Waals surface area contributed by atoms with Gasteiger partial charge in [-0.1, -0.05) is 12.1 Å². The number of benzene rings is 1. The Kier molecular flexibility index (Phi) is 4.17. The van der Waals surface area contributed by atoms with Crippen molar-refractivity contribution in [2.24, 2.45) is 0 Å². The van der Waals surface area contributed by atoms with E-state index in [0.29, 0.717) is 5.13 Å². The third kappa shape index (κ3) is 3.45. The molecule has 0 radical (unpaired) electrons. The van der Waals surface area contributed by atoms with Crippen molar-refractivity contribution in [3.63, 3.8) is 0 Å². The molecule has 2 N–H and O–H groups in total. The van der Waals surface area contributed by atoms with Gasteiger partial charge in [-0.3, -0.25) is 4.90 Å². The highest BCUT2D eigenvalue weighted by Crippen LogP contribution is 2.15. The topological polar surface area (TPSA) is 51.4 Å². The van der Waals surface area contributed by atoms with Crippen LogP contribution in [0.5, 0.6) is 5.75 Å². The summed E-state index contributed by atoms with van der Waals surface area (Å²) in [4.78, 5) is 6.46. The van der Waals surface area contributed by atoms with Crippen LogP contribution in [-0.4, -0.2) is 24.0 Å². The molecule has 0 aliphatic heterocycles. The van der Waals surface area contributed by atoms with Gasteiger partial charge in [0, 0.05) is 18.5 Å². The Morgan fingerprint density at radius 1 is 1.28 bits per heavy atom. The van der Waals surface area contributed by atoms with Crippen LogP contribution in [-0.2, 0) is 13.1 Å². The highest BCUT2D eigenvalue weighted by molar-refractivity contribution is 7.13. The number of hydrogen-bond acceptors (Lipinski definition) is 5. The summed E-state index contributed by atoms with van der Waals surface area (Å²) >= 11 is 1.48. The molecule has 0 aliphatic rings. The molecule has 4 nitrogen and oxygen atoms in total. The summed E-state index contributed by atoms with van der Waals surface area (Å²) < 4.78 is 5.14. The van der Waals surface area contributed by atoms with Crippen LogP contribution in [0.1, 0.15) is 11.3 Å². The standard InChI is InChI=1S/C13H17N3OS/c1-16(8-11-9-18-13(14)15-11)7-10-3-5-12(17-2)6-4-10/h3-6,9H,7-8H2,1-2H3,(H2,14,15). The van der Waals surface area contributed by atoms with Crippen LogP contribution in [0.2, 0.25) is 0 Å². The van der Waals surface area contributed by atoms with Crippen molar-refractivity contribution >= 4 is 16.5 Å². The molecule has 96 valence electrons. The zero-order valence-electron chi connectivity index (χ0n) is 10.6. The average molecular weight is 263 g/mol. The third-order valence-corrected chi connectivity index (χ3v) is 3.34. The summed E-state index contributed by atoms with van der Waals surface area (Å²) in [5.41, 5.74) is 7.89. The van der Waals surface area contributed by atoms with Crippen LogP contribution in [0.15, 0.2) is 29.6 Å². The van der Waals surface area contributed by atoms with Crippen molar-refractivity contribution in [1.82, 2.24) is 9.88 Å². The summed E-state index contributed by atoms with van der Waals surface area (Å²) in [6.45, 7) is 1.68. The van der Waals surface area contributed by atoms with Gasteiger partial charge in [-0.05, 0) is 24.7 Å². The molecule has 0 fully saturated rings. The fourth-order valence-electron chi connectivity index (χ4n) is 1.77. The van der Waals surface area contributed by atoms with Gasteiger partial charge >= 0.3 is 0 Å². The molecule has 18 heavy (non-hydrogen) atoms. The third-order valence-electron chi connectivity index (χ3n) is 2.61. The number of nitrogens with two attached hydrogens (primary N) is 1. The first-order valence-electron chi connectivity index (χ1n) is 5.68. The number of rotatable bonds is 5. The fourth-order valence-corrected chi connectivity index (χ4v) is 2.32. The van der Waals surface area contributed by atoms with Gasteiger partial charge in [-0.2, -0.15) is 0 Å². The maximum atomic E-state index is 5.61. The minimum atomic E-state index is 0.628. The van der Waals surface area contributed by atoms with E-state index in [9.17, 15) is 0 Å². The zero-order valence-corrected chi connectivity index (χ0v) is 11.4. The minimum absolute atomic E-state index is 0.628. The van der Waals surface area contributed by atoms with Crippen molar-refractivity contribution < 1.29 is 4.74 Å². The Balaban J connectivity index is 1.91. The lowest BCUT2D eigenvalue weighted by Gasteiger charge is -2.15. The molecule has 0 aliphatic carbocycles. The van der Waals surface area contributed by atoms with Crippen LogP contribution in [0, 0.1) is 0 Å². The molecular weight excluding hydrogens is 246 g/mol.